The molecule has 142 valence electrons. The number of aromatic nitrogens is 2. The number of hydrogen-bond donors (Lipinski definition) is 1. The summed E-state index contributed by atoms with van der Waals surface area (Å²) in [7, 11) is 0. The maximum absolute atomic E-state index is 13.3. The summed E-state index contributed by atoms with van der Waals surface area (Å²) in [5.74, 6) is -2.75. The van der Waals surface area contributed by atoms with Gasteiger partial charge in [-0.2, -0.15) is 0 Å². The van der Waals surface area contributed by atoms with E-state index in [1.54, 1.807) is 0 Å². The van der Waals surface area contributed by atoms with Crippen LogP contribution >= 0.6 is 11.3 Å². The quantitative estimate of drug-likeness (QED) is 0.576. The van der Waals surface area contributed by atoms with E-state index in [2.05, 4.69) is 4.98 Å². The first-order chi connectivity index (χ1) is 18.2. The fraction of sp³-hybridized carbons (Fsp3) is 0.611. The number of pyridine rings is 1. The number of piperidine rings is 1. The first-order valence-electron chi connectivity index (χ1n) is 15.0. The van der Waals surface area contributed by atoms with Gasteiger partial charge in [0.2, 0.25) is 0 Å². The minimum atomic E-state index is -3.61. The number of rotatable bonds is 6. The Labute approximate surface area is 226 Å². The molecule has 3 heterocycles. The molecule has 0 aromatic carbocycles. The van der Waals surface area contributed by atoms with Gasteiger partial charge in [-0.1, -0.05) is 12.1 Å². The Bertz CT molecular complexity index is 1400. The molecule has 0 radical (unpaired) electrons. The van der Waals surface area contributed by atoms with Gasteiger partial charge in [-0.25, -0.2) is 4.98 Å². The van der Waals surface area contributed by atoms with E-state index in [1.807, 2.05) is 0 Å². The van der Waals surface area contributed by atoms with Gasteiger partial charge in [0.1, 0.15) is 4.83 Å². The third kappa shape index (κ3) is 5.20. The molecule has 1 aliphatic heterocycles. The van der Waals surface area contributed by atoms with E-state index < -0.39 is 92.8 Å². The van der Waals surface area contributed by atoms with Gasteiger partial charge in [0.25, 0.3) is 11.5 Å². The second-order valence-electron chi connectivity index (χ2n) is 5.23. The Morgan fingerprint density at radius 2 is 2.30 bits per heavy atom. The largest absolute Gasteiger partial charge is 1.00 e. The molecule has 0 spiro atoms. The van der Waals surface area contributed by atoms with Gasteiger partial charge in [0.05, 0.1) is 18.0 Å². The van der Waals surface area contributed by atoms with Crippen molar-refractivity contribution in [3.8, 4) is 5.75 Å². The third-order valence-corrected chi connectivity index (χ3v) is 4.27. The number of carbonyl (C=O) groups excluding carboxylic acids is 1. The molecule has 1 amide bonds. The van der Waals surface area contributed by atoms with Gasteiger partial charge >= 0.3 is 51.4 Å². The number of amides is 1. The van der Waals surface area contributed by atoms with E-state index in [4.69, 9.17) is 20.6 Å². The number of nitrogens with zero attached hydrogens (tertiary/aromatic N) is 3. The van der Waals surface area contributed by atoms with Crippen molar-refractivity contribution in [2.45, 2.75) is 45.3 Å². The van der Waals surface area contributed by atoms with Crippen LogP contribution < -0.4 is 67.4 Å². The zero-order valence-electron chi connectivity index (χ0n) is 29.6. The van der Waals surface area contributed by atoms with Gasteiger partial charge in [0, 0.05) is 30.4 Å². The first kappa shape index (κ1) is 9.68. The summed E-state index contributed by atoms with van der Waals surface area (Å²) in [6.07, 6.45) is -11.2. The maximum atomic E-state index is 13.3. The van der Waals surface area contributed by atoms with E-state index >= 15 is 0 Å². The molecule has 3 rings (SSSR count). The number of nitrogens with one attached hydrogen (secondary N) is 1. The topological polar surface area (TPSA) is 90.3 Å². The molecule has 7 nitrogen and oxygen atoms in total. The summed E-state index contributed by atoms with van der Waals surface area (Å²) in [4.78, 5) is 29.9. The van der Waals surface area contributed by atoms with E-state index in [-0.39, 0.29) is 66.4 Å². The standard InChI is InChI=1S/C18H26N4O3S.K/c1-12(2)22-17(25)13(15(23)14-18(22)26-11-20-14)16(24)19-7-6-10-21-8-4-3-5-9-21;/h11-12,23H,3-10H2,1-2H3,(H,19,24);/q;+1/p-1/i1D3,3D2,4D2,5D2,8D2,9D2,12D;/hD. The van der Waals surface area contributed by atoms with Crippen LogP contribution in [0, 0.1) is 0 Å². The molecule has 0 saturated carbocycles. The van der Waals surface area contributed by atoms with Crippen molar-refractivity contribution in [3.63, 3.8) is 0 Å². The van der Waals surface area contributed by atoms with Crippen molar-refractivity contribution in [1.82, 2.24) is 19.8 Å². The van der Waals surface area contributed by atoms with Gasteiger partial charge < -0.3 is 15.3 Å². The Kier molecular flexibility index (Phi) is 3.75. The average Bonchev–Trinajstić information content (AvgIpc) is 3.28. The molecule has 1 saturated heterocycles. The summed E-state index contributed by atoms with van der Waals surface area (Å²) in [6.45, 7) is -10.6. The van der Waals surface area contributed by atoms with Crippen LogP contribution in [0.3, 0.4) is 0 Å². The molecule has 2 aromatic rings. The molecule has 1 aliphatic rings. The SMILES string of the molecule is [2H]N(CCCN1C([2H])([2H])C([2H])([2H])C([2H])([2H])C([2H])([2H])C1([2H])[2H])C(=O)c1c([O-])c2ncsc2n(C([2H])(C)C([2H])([2H])[2H])c1=O.[K+]. The fourth-order valence-corrected chi connectivity index (χ4v) is 3.16. The Balaban J connectivity index is 0.00000616. The van der Waals surface area contributed by atoms with Crippen molar-refractivity contribution >= 4 is 27.6 Å². The zero-order valence-corrected chi connectivity index (χ0v) is 18.6. The second-order valence-corrected chi connectivity index (χ2v) is 6.06. The van der Waals surface area contributed by atoms with Crippen LogP contribution in [0.15, 0.2) is 10.3 Å². The van der Waals surface area contributed by atoms with Crippen molar-refractivity contribution in [1.29, 1.82) is 0 Å². The van der Waals surface area contributed by atoms with Crippen molar-refractivity contribution in [2.24, 2.45) is 0 Å². The van der Waals surface area contributed by atoms with Gasteiger partial charge in [-0.3, -0.25) is 14.2 Å². The molecule has 0 bridgehead atoms. The van der Waals surface area contributed by atoms with Crippen LogP contribution in [0.5, 0.6) is 5.75 Å². The molecule has 1 N–H and O–H groups in total. The molecule has 1 unspecified atom stereocenters. The van der Waals surface area contributed by atoms with Gasteiger partial charge in [-0.15, -0.1) is 11.3 Å². The van der Waals surface area contributed by atoms with E-state index in [0.29, 0.717) is 15.9 Å². The van der Waals surface area contributed by atoms with E-state index in [9.17, 15) is 14.7 Å². The van der Waals surface area contributed by atoms with Crippen LogP contribution in [0.4, 0.5) is 0 Å². The van der Waals surface area contributed by atoms with Crippen LogP contribution in [0.2, 0.25) is 1.41 Å². The number of carbonyl (C=O) groups is 1. The Morgan fingerprint density at radius 3 is 3.00 bits per heavy atom. The van der Waals surface area contributed by atoms with Gasteiger partial charge in [0.15, 0.2) is 1.41 Å². The van der Waals surface area contributed by atoms with Crippen molar-refractivity contribution in [3.05, 3.63) is 21.4 Å². The number of likely N-dealkylation sites (tertiary alicyclic amines) is 1. The molecular formula is C18H25KN4O3S. The molecule has 27 heavy (non-hydrogen) atoms. The minimum absolute atomic E-state index is 0. The molecule has 1 atom stereocenters. The summed E-state index contributed by atoms with van der Waals surface area (Å²) < 4.78 is 120. The first-order valence-corrected chi connectivity index (χ1v) is 8.39. The van der Waals surface area contributed by atoms with E-state index in [1.165, 1.54) is 0 Å². The minimum Gasteiger partial charge on any atom is -0.870 e. The monoisotopic (exact) mass is 431 g/mol. The maximum Gasteiger partial charge on any atom is 1.00 e. The summed E-state index contributed by atoms with van der Waals surface area (Å²) >= 11 is 0.688. The van der Waals surface area contributed by atoms with Crippen LogP contribution in [0.1, 0.15) is 74.9 Å². The van der Waals surface area contributed by atoms with Crippen LogP contribution in [-0.4, -0.2) is 46.4 Å². The molecule has 0 aliphatic carbocycles. The number of hydrogen-bond acceptors (Lipinski definition) is 6. The fourth-order valence-electron chi connectivity index (χ4n) is 2.32. The van der Waals surface area contributed by atoms with Gasteiger partial charge in [-0.05, 0) is 52.5 Å². The second kappa shape index (κ2) is 10.5. The van der Waals surface area contributed by atoms with Crippen molar-refractivity contribution in [2.75, 3.05) is 26.1 Å². The van der Waals surface area contributed by atoms with Crippen LogP contribution in [-0.2, 0) is 0 Å². The Morgan fingerprint density at radius 1 is 1.56 bits per heavy atom. The van der Waals surface area contributed by atoms with E-state index in [0.717, 1.165) is 12.4 Å². The summed E-state index contributed by atoms with van der Waals surface area (Å²) in [6, 6.07) is -2.65. The van der Waals surface area contributed by atoms with Crippen molar-refractivity contribution < 1.29 is 81.9 Å². The smallest absolute Gasteiger partial charge is 0.870 e. The third-order valence-electron chi connectivity index (χ3n) is 3.46. The predicted molar refractivity (Wildman–Crippen MR) is 101 cm³/mol. The summed E-state index contributed by atoms with van der Waals surface area (Å²) in [5, 5.41) is 13.0. The normalized spacial score (nSPS) is 35.2. The Hall–Kier alpha value is -0.294. The number of thiazole rings is 1. The molecule has 2 aromatic heterocycles. The average molecular weight is 432 g/mol. The summed E-state index contributed by atoms with van der Waals surface area (Å²) in [5.41, 5.74) is -2.03. The molecular weight excluding hydrogens is 391 g/mol. The predicted octanol–water partition coefficient (Wildman–Crippen LogP) is -1.28. The molecule has 9 heteroatoms. The molecule has 1 fully saturated rings. The van der Waals surface area contributed by atoms with Crippen LogP contribution in [0.25, 0.3) is 10.3 Å². The number of fused-ring (bicyclic) bond motifs is 1. The zero-order chi connectivity index (χ0) is 31.9.